The fourth-order valence-electron chi connectivity index (χ4n) is 5.56. The smallest absolute Gasteiger partial charge is 0.311 e. The third-order valence-electron chi connectivity index (χ3n) is 8.17. The Labute approximate surface area is 282 Å². The molecular weight excluding hydrogens is 672 g/mol. The van der Waals surface area contributed by atoms with E-state index in [1.54, 1.807) is 31.1 Å². The quantitative estimate of drug-likeness (QED) is 0.0375. The van der Waals surface area contributed by atoms with Crippen LogP contribution in [0.2, 0.25) is 10.0 Å². The summed E-state index contributed by atoms with van der Waals surface area (Å²) in [6, 6.07) is 1.14. The fraction of sp³-hybridized carbons (Fsp3) is 0.812. The van der Waals surface area contributed by atoms with Crippen molar-refractivity contribution in [3.05, 3.63) is 31.4 Å². The number of aromatic nitrogens is 2. The number of benzene rings is 1. The molecule has 0 aliphatic carbocycles. The molecule has 0 saturated heterocycles. The second-order valence-electron chi connectivity index (χ2n) is 11.8. The van der Waals surface area contributed by atoms with Crippen LogP contribution in [0.25, 0.3) is 11.0 Å². The van der Waals surface area contributed by atoms with Crippen molar-refractivity contribution >= 4 is 47.2 Å². The van der Waals surface area contributed by atoms with Crippen LogP contribution in [-0.4, -0.2) is 34.7 Å². The highest BCUT2D eigenvalue weighted by Gasteiger charge is 2.34. The van der Waals surface area contributed by atoms with E-state index in [1.165, 1.54) is 109 Å². The summed E-state index contributed by atoms with van der Waals surface area (Å²) >= 11 is 11.2. The van der Waals surface area contributed by atoms with Gasteiger partial charge in [0, 0.05) is 18.5 Å². The van der Waals surface area contributed by atoms with E-state index in [9.17, 15) is 15.3 Å². The van der Waals surface area contributed by atoms with Gasteiger partial charge in [-0.15, -0.1) is 0 Å². The highest BCUT2D eigenvalue weighted by Crippen LogP contribution is 2.61. The Balaban J connectivity index is 0.000000922. The van der Waals surface area contributed by atoms with E-state index >= 15 is 0 Å². The molecule has 0 aliphatic rings. The maximum absolute atomic E-state index is 11.0. The van der Waals surface area contributed by atoms with E-state index in [4.69, 9.17) is 23.2 Å². The monoisotopic (exact) mass is 727 g/mol. The molecule has 1 heterocycles. The van der Waals surface area contributed by atoms with Gasteiger partial charge in [-0.2, -0.15) is 0 Å². The van der Waals surface area contributed by atoms with E-state index in [1.807, 2.05) is 0 Å². The summed E-state index contributed by atoms with van der Waals surface area (Å²) in [4.78, 5) is 9.80. The van der Waals surface area contributed by atoms with Gasteiger partial charge >= 0.3 is 5.69 Å². The van der Waals surface area contributed by atoms with E-state index in [0.717, 1.165) is 6.07 Å². The summed E-state index contributed by atoms with van der Waals surface area (Å²) in [7, 11) is -0.626. The van der Waals surface area contributed by atoms with E-state index in [2.05, 4.69) is 37.5 Å². The van der Waals surface area contributed by atoms with Gasteiger partial charge in [0.1, 0.15) is 5.02 Å². The van der Waals surface area contributed by atoms with Crippen LogP contribution in [0.5, 0.6) is 0 Å². The summed E-state index contributed by atoms with van der Waals surface area (Å²) < 4.78 is 4.23. The van der Waals surface area contributed by atoms with Crippen molar-refractivity contribution in [1.82, 2.24) is 5.16 Å². The van der Waals surface area contributed by atoms with Crippen LogP contribution < -0.4 is 21.9 Å². The predicted molar refractivity (Wildman–Crippen MR) is 182 cm³/mol. The first-order chi connectivity index (χ1) is 20.3. The van der Waals surface area contributed by atoms with Crippen molar-refractivity contribution < 1.29 is 31.4 Å². The second-order valence-corrected chi connectivity index (χ2v) is 17.0. The number of fused-ring (bicyclic) bond motifs is 1. The SMILES string of the molecule is CCCCCCCCCCCCCC[P+](CCCC)(CCCC)CCCC.O=[N+]([O-])c1c(Cl)cc2no[n+]([O-])c2c1Cl.[Br-]. The lowest BCUT2D eigenvalue weighted by Crippen LogP contribution is -3.00. The Kier molecular flexibility index (Phi) is 25.1. The molecule has 11 heteroatoms. The lowest BCUT2D eigenvalue weighted by Gasteiger charge is -2.28. The van der Waals surface area contributed by atoms with Gasteiger partial charge in [0.15, 0.2) is 5.02 Å². The van der Waals surface area contributed by atoms with Gasteiger partial charge in [0.25, 0.3) is 11.0 Å². The van der Waals surface area contributed by atoms with Crippen molar-refractivity contribution in [1.29, 1.82) is 0 Å². The Bertz CT molecular complexity index is 991. The van der Waals surface area contributed by atoms with Crippen molar-refractivity contribution in [3.63, 3.8) is 0 Å². The molecule has 0 N–H and O–H groups in total. The van der Waals surface area contributed by atoms with Gasteiger partial charge < -0.3 is 22.2 Å². The highest BCUT2D eigenvalue weighted by atomic mass is 79.9. The molecular formula is C32H57BrCl2N3O4P. The standard InChI is InChI=1S/C26H56P.C6HCl2N3O4.BrH/c1-5-9-13-14-15-16-17-18-19-20-21-22-26-27(23-10-6-2,24-11-7-3)25-12-8-4;7-2-1-3-6(11(14)15-9-3)4(8)5(2)10(12)13;/h5-26H2,1-4H3;1H;1H/q+1;;/p-1. The fourth-order valence-corrected chi connectivity index (χ4v) is 11.4. The van der Waals surface area contributed by atoms with Crippen LogP contribution in [0.1, 0.15) is 143 Å². The molecule has 1 aromatic heterocycles. The first-order valence-corrected chi connectivity index (χ1v) is 19.9. The molecule has 0 amide bonds. The largest absolute Gasteiger partial charge is 1.00 e. The molecule has 2 aromatic rings. The lowest BCUT2D eigenvalue weighted by molar-refractivity contribution is -0.782. The Hall–Kier alpha value is -0.690. The molecule has 0 fully saturated rings. The van der Waals surface area contributed by atoms with Crippen molar-refractivity contribution in [3.8, 4) is 0 Å². The van der Waals surface area contributed by atoms with Crippen LogP contribution in [0, 0.1) is 15.3 Å². The molecule has 0 bridgehead atoms. The highest BCUT2D eigenvalue weighted by molar-refractivity contribution is 7.75. The van der Waals surface area contributed by atoms with Crippen LogP contribution in [-0.2, 0) is 0 Å². The lowest BCUT2D eigenvalue weighted by atomic mass is 10.1. The van der Waals surface area contributed by atoms with Gasteiger partial charge in [-0.05, 0) is 37.0 Å². The third kappa shape index (κ3) is 16.4. The predicted octanol–water partition coefficient (Wildman–Crippen LogP) is 8.79. The molecule has 0 atom stereocenters. The zero-order valence-corrected chi connectivity index (χ0v) is 31.2. The zero-order valence-electron chi connectivity index (χ0n) is 27.2. The average Bonchev–Trinajstić information content (AvgIpc) is 3.34. The molecule has 2 rings (SSSR count). The normalized spacial score (nSPS) is 11.3. The maximum Gasteiger partial charge on any atom is 0.311 e. The first kappa shape index (κ1) is 42.3. The molecule has 0 unspecified atom stereocenters. The van der Waals surface area contributed by atoms with E-state index < -0.39 is 22.9 Å². The Morgan fingerprint density at radius 2 is 1.14 bits per heavy atom. The summed E-state index contributed by atoms with van der Waals surface area (Å²) in [5.74, 6) is 0. The van der Waals surface area contributed by atoms with Gasteiger partial charge in [-0.1, -0.05) is 134 Å². The molecule has 0 aliphatic heterocycles. The minimum atomic E-state index is -0.781. The zero-order chi connectivity index (χ0) is 31.2. The average molecular weight is 730 g/mol. The number of nitrogens with zero attached hydrogens (tertiary/aromatic N) is 3. The van der Waals surface area contributed by atoms with Crippen molar-refractivity contribution in [2.75, 3.05) is 24.6 Å². The number of unbranched alkanes of at least 4 members (excludes halogenated alkanes) is 14. The summed E-state index contributed by atoms with van der Waals surface area (Å²) in [5.41, 5.74) is -0.697. The molecule has 250 valence electrons. The summed E-state index contributed by atoms with van der Waals surface area (Å²) in [6.07, 6.45) is 33.0. The number of nitro groups is 1. The van der Waals surface area contributed by atoms with Crippen molar-refractivity contribution in [2.45, 2.75) is 143 Å². The summed E-state index contributed by atoms with van der Waals surface area (Å²) in [6.45, 7) is 9.47. The van der Waals surface area contributed by atoms with Crippen LogP contribution in [0.3, 0.4) is 0 Å². The van der Waals surface area contributed by atoms with Crippen molar-refractivity contribution in [2.24, 2.45) is 0 Å². The van der Waals surface area contributed by atoms with E-state index in [-0.39, 0.29) is 37.9 Å². The number of halogens is 3. The topological polar surface area (TPSA) is 96.1 Å². The molecule has 1 aromatic carbocycles. The molecule has 7 nitrogen and oxygen atoms in total. The van der Waals surface area contributed by atoms with Gasteiger partial charge in [-0.25, -0.2) is 0 Å². The minimum Gasteiger partial charge on any atom is -1.00 e. The molecule has 0 spiro atoms. The molecule has 43 heavy (non-hydrogen) atoms. The molecule has 0 radical (unpaired) electrons. The Morgan fingerprint density at radius 3 is 1.56 bits per heavy atom. The number of nitro benzene ring substituents is 1. The van der Waals surface area contributed by atoms with Crippen LogP contribution in [0.15, 0.2) is 10.7 Å². The number of rotatable bonds is 23. The second kappa shape index (κ2) is 25.5. The summed E-state index contributed by atoms with van der Waals surface area (Å²) in [5, 5.41) is 24.3. The number of hydrogen-bond acceptors (Lipinski definition) is 5. The van der Waals surface area contributed by atoms with Gasteiger partial charge in [0.2, 0.25) is 0 Å². The molecule has 0 saturated carbocycles. The first-order valence-electron chi connectivity index (χ1n) is 16.6. The van der Waals surface area contributed by atoms with Gasteiger partial charge in [0.05, 0.1) is 29.6 Å². The third-order valence-corrected chi connectivity index (χ3v) is 13.9. The van der Waals surface area contributed by atoms with Gasteiger partial charge in [-0.3, -0.25) is 14.7 Å². The number of hydrogen-bond donors (Lipinski definition) is 0. The Morgan fingerprint density at radius 1 is 0.744 bits per heavy atom. The minimum absolute atomic E-state index is 0. The van der Waals surface area contributed by atoms with E-state index in [0.29, 0.717) is 0 Å². The maximum atomic E-state index is 11.0. The van der Waals surface area contributed by atoms with Crippen LogP contribution >= 0.6 is 30.5 Å². The van der Waals surface area contributed by atoms with Crippen LogP contribution in [0.4, 0.5) is 5.69 Å².